The third-order valence-electron chi connectivity index (χ3n) is 4.53. The van der Waals surface area contributed by atoms with Crippen molar-refractivity contribution in [2.75, 3.05) is 25.5 Å². The summed E-state index contributed by atoms with van der Waals surface area (Å²) in [6, 6.07) is 12.6. The molecule has 1 heterocycles. The second-order valence-electron chi connectivity index (χ2n) is 6.31. The normalized spacial score (nSPS) is 16.8. The van der Waals surface area contributed by atoms with Gasteiger partial charge in [0.15, 0.2) is 0 Å². The summed E-state index contributed by atoms with van der Waals surface area (Å²) in [5.74, 6) is -0.206. The van der Waals surface area contributed by atoms with Crippen molar-refractivity contribution in [2.24, 2.45) is 5.92 Å². The van der Waals surface area contributed by atoms with Gasteiger partial charge in [-0.1, -0.05) is 0 Å². The Labute approximate surface area is 151 Å². The van der Waals surface area contributed by atoms with Crippen molar-refractivity contribution in [3.05, 3.63) is 59.9 Å². The van der Waals surface area contributed by atoms with Gasteiger partial charge < -0.3 is 15.0 Å². The molecule has 6 heteroatoms. The summed E-state index contributed by atoms with van der Waals surface area (Å²) in [5, 5.41) is 2.89. The number of anilines is 1. The van der Waals surface area contributed by atoms with E-state index in [2.05, 4.69) is 5.32 Å². The zero-order valence-electron chi connectivity index (χ0n) is 14.6. The van der Waals surface area contributed by atoms with Crippen LogP contribution in [0, 0.1) is 11.7 Å². The number of ether oxygens (including phenoxy) is 1. The lowest BCUT2D eigenvalue weighted by Crippen LogP contribution is -2.43. The fourth-order valence-electron chi connectivity index (χ4n) is 3.07. The van der Waals surface area contributed by atoms with E-state index < -0.39 is 0 Å². The largest absolute Gasteiger partial charge is 0.497 e. The molecule has 1 fully saturated rings. The van der Waals surface area contributed by atoms with Crippen molar-refractivity contribution in [3.8, 4) is 5.75 Å². The van der Waals surface area contributed by atoms with Crippen LogP contribution in [0.5, 0.6) is 5.75 Å². The van der Waals surface area contributed by atoms with Gasteiger partial charge in [-0.25, -0.2) is 4.39 Å². The van der Waals surface area contributed by atoms with E-state index in [1.807, 2.05) is 0 Å². The van der Waals surface area contributed by atoms with Gasteiger partial charge in [-0.3, -0.25) is 9.59 Å². The van der Waals surface area contributed by atoms with Crippen LogP contribution in [0.25, 0.3) is 0 Å². The summed E-state index contributed by atoms with van der Waals surface area (Å²) in [7, 11) is 1.59. The number of hydrogen-bond donors (Lipinski definition) is 1. The lowest BCUT2D eigenvalue weighted by molar-refractivity contribution is -0.121. The molecule has 0 radical (unpaired) electrons. The first-order valence-corrected chi connectivity index (χ1v) is 8.56. The number of amides is 2. The Kier molecular flexibility index (Phi) is 5.51. The van der Waals surface area contributed by atoms with Crippen molar-refractivity contribution in [3.63, 3.8) is 0 Å². The van der Waals surface area contributed by atoms with Crippen molar-refractivity contribution >= 4 is 17.5 Å². The lowest BCUT2D eigenvalue weighted by Gasteiger charge is -2.32. The minimum atomic E-state index is -0.378. The minimum absolute atomic E-state index is 0.105. The molecule has 0 bridgehead atoms. The van der Waals surface area contributed by atoms with Gasteiger partial charge in [0.05, 0.1) is 13.0 Å². The van der Waals surface area contributed by atoms with E-state index in [0.717, 1.165) is 18.6 Å². The molecule has 2 aromatic carbocycles. The van der Waals surface area contributed by atoms with Crippen LogP contribution in [0.3, 0.4) is 0 Å². The molecule has 1 aliphatic heterocycles. The summed E-state index contributed by atoms with van der Waals surface area (Å²) in [6.45, 7) is 0.959. The molecule has 2 amide bonds. The molecule has 0 spiro atoms. The number of methoxy groups -OCH3 is 1. The Morgan fingerprint density at radius 3 is 2.46 bits per heavy atom. The number of nitrogens with zero attached hydrogens (tertiary/aromatic N) is 1. The molecule has 0 aromatic heterocycles. The highest BCUT2D eigenvalue weighted by atomic mass is 19.1. The standard InChI is InChI=1S/C20H21FN2O3/c1-26-18-10-8-17(9-11-18)22-19(24)15-3-2-12-23(13-15)20(25)14-4-6-16(21)7-5-14/h4-11,15H,2-3,12-13H2,1H3,(H,22,24)/t15-/m1/s1. The molecule has 136 valence electrons. The van der Waals surface area contributed by atoms with E-state index in [-0.39, 0.29) is 23.5 Å². The monoisotopic (exact) mass is 356 g/mol. The third-order valence-corrected chi connectivity index (χ3v) is 4.53. The summed E-state index contributed by atoms with van der Waals surface area (Å²) < 4.78 is 18.1. The summed E-state index contributed by atoms with van der Waals surface area (Å²) in [5.41, 5.74) is 1.13. The maximum atomic E-state index is 13.0. The van der Waals surface area contributed by atoms with E-state index >= 15 is 0 Å². The predicted molar refractivity (Wildman–Crippen MR) is 96.7 cm³/mol. The SMILES string of the molecule is COc1ccc(NC(=O)[C@@H]2CCCN(C(=O)c3ccc(F)cc3)C2)cc1. The topological polar surface area (TPSA) is 58.6 Å². The lowest BCUT2D eigenvalue weighted by atomic mass is 9.96. The van der Waals surface area contributed by atoms with Crippen molar-refractivity contribution < 1.29 is 18.7 Å². The van der Waals surface area contributed by atoms with Crippen LogP contribution in [0.15, 0.2) is 48.5 Å². The number of carbonyl (C=O) groups is 2. The number of hydrogen-bond acceptors (Lipinski definition) is 3. The summed E-state index contributed by atoms with van der Waals surface area (Å²) in [4.78, 5) is 26.8. The van der Waals surface area contributed by atoms with Crippen molar-refractivity contribution in [1.82, 2.24) is 4.90 Å². The Hall–Kier alpha value is -2.89. The Morgan fingerprint density at radius 2 is 1.81 bits per heavy atom. The van der Waals surface area contributed by atoms with Crippen LogP contribution in [-0.4, -0.2) is 36.9 Å². The Morgan fingerprint density at radius 1 is 1.12 bits per heavy atom. The number of likely N-dealkylation sites (tertiary alicyclic amines) is 1. The fraction of sp³-hybridized carbons (Fsp3) is 0.300. The fourth-order valence-corrected chi connectivity index (χ4v) is 3.07. The number of piperidine rings is 1. The third kappa shape index (κ3) is 4.20. The average Bonchev–Trinajstić information content (AvgIpc) is 2.68. The van der Waals surface area contributed by atoms with E-state index in [1.54, 1.807) is 36.3 Å². The second-order valence-corrected chi connectivity index (χ2v) is 6.31. The maximum Gasteiger partial charge on any atom is 0.253 e. The number of benzene rings is 2. The molecule has 2 aromatic rings. The maximum absolute atomic E-state index is 13.0. The summed E-state index contributed by atoms with van der Waals surface area (Å²) >= 11 is 0. The van der Waals surface area contributed by atoms with Crippen molar-refractivity contribution in [2.45, 2.75) is 12.8 Å². The first-order valence-electron chi connectivity index (χ1n) is 8.56. The van der Waals surface area contributed by atoms with E-state index in [0.29, 0.717) is 24.3 Å². The van der Waals surface area contributed by atoms with E-state index in [9.17, 15) is 14.0 Å². The highest BCUT2D eigenvalue weighted by molar-refractivity contribution is 5.96. The van der Waals surface area contributed by atoms with Gasteiger partial charge >= 0.3 is 0 Å². The van der Waals surface area contributed by atoms with Crippen LogP contribution < -0.4 is 10.1 Å². The zero-order chi connectivity index (χ0) is 18.5. The van der Waals surface area contributed by atoms with Crippen LogP contribution in [-0.2, 0) is 4.79 Å². The number of halogens is 1. The molecule has 1 atom stereocenters. The highest BCUT2D eigenvalue weighted by Crippen LogP contribution is 2.22. The smallest absolute Gasteiger partial charge is 0.253 e. The first kappa shape index (κ1) is 17.9. The van der Waals surface area contributed by atoms with Gasteiger partial charge in [0, 0.05) is 24.3 Å². The van der Waals surface area contributed by atoms with Gasteiger partial charge in [-0.15, -0.1) is 0 Å². The molecule has 3 rings (SSSR count). The second kappa shape index (κ2) is 7.99. The summed E-state index contributed by atoms with van der Waals surface area (Å²) in [6.07, 6.45) is 1.49. The zero-order valence-corrected chi connectivity index (χ0v) is 14.6. The molecule has 1 saturated heterocycles. The average molecular weight is 356 g/mol. The van der Waals surface area contributed by atoms with Gasteiger partial charge in [0.2, 0.25) is 5.91 Å². The molecule has 1 aliphatic rings. The van der Waals surface area contributed by atoms with Crippen LogP contribution in [0.1, 0.15) is 23.2 Å². The van der Waals surface area contributed by atoms with Crippen LogP contribution in [0.2, 0.25) is 0 Å². The molecule has 0 aliphatic carbocycles. The molecular formula is C20H21FN2O3. The van der Waals surface area contributed by atoms with Gasteiger partial charge in [-0.2, -0.15) is 0 Å². The van der Waals surface area contributed by atoms with Gasteiger partial charge in [0.1, 0.15) is 11.6 Å². The van der Waals surface area contributed by atoms with Crippen LogP contribution >= 0.6 is 0 Å². The number of rotatable bonds is 4. The Bertz CT molecular complexity index is 775. The van der Waals surface area contributed by atoms with Crippen molar-refractivity contribution in [1.29, 1.82) is 0 Å². The molecular weight excluding hydrogens is 335 g/mol. The highest BCUT2D eigenvalue weighted by Gasteiger charge is 2.29. The molecule has 0 saturated carbocycles. The molecule has 1 N–H and O–H groups in total. The molecule has 26 heavy (non-hydrogen) atoms. The first-order chi connectivity index (χ1) is 12.6. The predicted octanol–water partition coefficient (Wildman–Crippen LogP) is 3.33. The molecule has 5 nitrogen and oxygen atoms in total. The van der Waals surface area contributed by atoms with Gasteiger partial charge in [-0.05, 0) is 61.4 Å². The van der Waals surface area contributed by atoms with Crippen LogP contribution in [0.4, 0.5) is 10.1 Å². The minimum Gasteiger partial charge on any atom is -0.497 e. The van der Waals surface area contributed by atoms with Gasteiger partial charge in [0.25, 0.3) is 5.91 Å². The van der Waals surface area contributed by atoms with E-state index in [4.69, 9.17) is 4.74 Å². The Balaban J connectivity index is 1.62. The quantitative estimate of drug-likeness (QED) is 0.914. The number of carbonyl (C=O) groups excluding carboxylic acids is 2. The van der Waals surface area contributed by atoms with E-state index in [1.165, 1.54) is 24.3 Å². The molecule has 0 unspecified atom stereocenters. The number of nitrogens with one attached hydrogen (secondary N) is 1.